The zero-order valence-corrected chi connectivity index (χ0v) is 19.6. The molecule has 0 aliphatic heterocycles. The molecule has 0 aromatic carbocycles. The predicted molar refractivity (Wildman–Crippen MR) is 121 cm³/mol. The standard InChI is InChI=1S/C20H36N6O9/c1-10(27)16(20(34)35)26-19(33)12(5-7-14(23)28)25-18(32)13(6-8-15(29)30)24-17(31)11(22)4-2-3-9-21/h10-13,16,27H,2-9,21-22H2,1H3,(H2,23,28)(H,24,31)(H,25,32)(H,26,33)(H,29,30)(H,34,35). The summed E-state index contributed by atoms with van der Waals surface area (Å²) in [7, 11) is 0. The third-order valence-electron chi connectivity index (χ3n) is 4.94. The molecule has 0 fully saturated rings. The van der Waals surface area contributed by atoms with E-state index in [-0.39, 0.29) is 25.7 Å². The maximum Gasteiger partial charge on any atom is 0.328 e. The molecule has 0 aromatic heterocycles. The molecule has 0 saturated heterocycles. The Hall–Kier alpha value is -3.30. The van der Waals surface area contributed by atoms with Gasteiger partial charge in [0.2, 0.25) is 23.6 Å². The van der Waals surface area contributed by atoms with E-state index in [9.17, 15) is 33.9 Å². The van der Waals surface area contributed by atoms with Crippen LogP contribution in [0.25, 0.3) is 0 Å². The summed E-state index contributed by atoms with van der Waals surface area (Å²) in [6, 6.07) is -5.56. The molecule has 12 N–H and O–H groups in total. The number of aliphatic carboxylic acids is 2. The van der Waals surface area contributed by atoms with Crippen LogP contribution in [0.15, 0.2) is 0 Å². The number of hydrogen-bond donors (Lipinski definition) is 9. The second-order valence-corrected chi connectivity index (χ2v) is 8.02. The molecule has 0 aliphatic carbocycles. The normalized spacial score (nSPS) is 15.1. The quantitative estimate of drug-likeness (QED) is 0.0825. The fraction of sp³-hybridized carbons (Fsp3) is 0.700. The summed E-state index contributed by atoms with van der Waals surface area (Å²) in [6.45, 7) is 1.54. The number of nitrogens with two attached hydrogens (primary N) is 3. The molecule has 0 spiro atoms. The lowest BCUT2D eigenvalue weighted by Crippen LogP contribution is -2.58. The van der Waals surface area contributed by atoms with Gasteiger partial charge in [-0.05, 0) is 39.2 Å². The highest BCUT2D eigenvalue weighted by molar-refractivity contribution is 5.94. The minimum atomic E-state index is -1.70. The molecule has 0 radical (unpaired) electrons. The number of hydrogen-bond acceptors (Lipinski definition) is 9. The first-order chi connectivity index (χ1) is 16.3. The number of carboxylic acids is 2. The zero-order chi connectivity index (χ0) is 27.1. The first-order valence-electron chi connectivity index (χ1n) is 11.1. The van der Waals surface area contributed by atoms with Crippen molar-refractivity contribution in [2.45, 2.75) is 82.1 Å². The number of carbonyl (C=O) groups excluding carboxylic acids is 4. The van der Waals surface area contributed by atoms with Crippen LogP contribution in [-0.4, -0.2) is 87.7 Å². The van der Waals surface area contributed by atoms with Crippen LogP contribution in [0.3, 0.4) is 0 Å². The molecule has 15 nitrogen and oxygen atoms in total. The molecule has 0 aliphatic rings. The van der Waals surface area contributed by atoms with Gasteiger partial charge in [0.25, 0.3) is 0 Å². The van der Waals surface area contributed by atoms with Gasteiger partial charge in [-0.3, -0.25) is 24.0 Å². The molecule has 0 saturated carbocycles. The summed E-state index contributed by atoms with van der Waals surface area (Å²) in [6.07, 6.45) is -1.53. The fourth-order valence-corrected chi connectivity index (χ4v) is 2.93. The van der Waals surface area contributed by atoms with E-state index in [1.54, 1.807) is 0 Å². The third-order valence-corrected chi connectivity index (χ3v) is 4.94. The molecular formula is C20H36N6O9. The molecule has 0 bridgehead atoms. The summed E-state index contributed by atoms with van der Waals surface area (Å²) in [4.78, 5) is 71.3. The average molecular weight is 505 g/mol. The van der Waals surface area contributed by atoms with Crippen LogP contribution >= 0.6 is 0 Å². The highest BCUT2D eigenvalue weighted by atomic mass is 16.4. The molecule has 0 rings (SSSR count). The SMILES string of the molecule is CC(O)C(NC(=O)C(CCC(N)=O)NC(=O)C(CCC(=O)O)NC(=O)C(N)CCCCN)C(=O)O. The monoisotopic (exact) mass is 504 g/mol. The van der Waals surface area contributed by atoms with Crippen molar-refractivity contribution in [2.75, 3.05) is 6.54 Å². The molecule has 0 aromatic rings. The number of amides is 4. The van der Waals surface area contributed by atoms with E-state index >= 15 is 0 Å². The van der Waals surface area contributed by atoms with Crippen LogP contribution in [0.4, 0.5) is 0 Å². The molecular weight excluding hydrogens is 468 g/mol. The van der Waals surface area contributed by atoms with Gasteiger partial charge in [0.1, 0.15) is 12.1 Å². The highest BCUT2D eigenvalue weighted by Gasteiger charge is 2.32. The van der Waals surface area contributed by atoms with E-state index in [0.29, 0.717) is 19.4 Å². The Labute approximate surface area is 202 Å². The van der Waals surface area contributed by atoms with Gasteiger partial charge in [0.05, 0.1) is 12.1 Å². The Balaban J connectivity index is 5.55. The Kier molecular flexibility index (Phi) is 14.8. The molecule has 200 valence electrons. The average Bonchev–Trinajstić information content (AvgIpc) is 2.76. The number of aliphatic hydroxyl groups excluding tert-OH is 1. The highest BCUT2D eigenvalue weighted by Crippen LogP contribution is 2.06. The van der Waals surface area contributed by atoms with Crippen molar-refractivity contribution in [1.29, 1.82) is 0 Å². The molecule has 15 heteroatoms. The summed E-state index contributed by atoms with van der Waals surface area (Å²) in [5.74, 6) is -6.29. The van der Waals surface area contributed by atoms with Gasteiger partial charge >= 0.3 is 11.9 Å². The van der Waals surface area contributed by atoms with Gasteiger partial charge in [-0.1, -0.05) is 6.42 Å². The number of unbranched alkanes of at least 4 members (excludes halogenated alkanes) is 1. The maximum atomic E-state index is 12.8. The largest absolute Gasteiger partial charge is 0.481 e. The van der Waals surface area contributed by atoms with Crippen molar-refractivity contribution < 1.29 is 44.1 Å². The van der Waals surface area contributed by atoms with Gasteiger partial charge in [0, 0.05) is 12.8 Å². The number of rotatable bonds is 18. The van der Waals surface area contributed by atoms with Crippen molar-refractivity contribution in [3.63, 3.8) is 0 Å². The smallest absolute Gasteiger partial charge is 0.328 e. The summed E-state index contributed by atoms with van der Waals surface area (Å²) in [5, 5.41) is 34.4. The summed E-state index contributed by atoms with van der Waals surface area (Å²) < 4.78 is 0. The number of primary amides is 1. The van der Waals surface area contributed by atoms with Gasteiger partial charge in [0.15, 0.2) is 6.04 Å². The lowest BCUT2D eigenvalue weighted by atomic mass is 10.0. The van der Waals surface area contributed by atoms with Crippen molar-refractivity contribution >= 4 is 35.6 Å². The number of aliphatic hydroxyl groups is 1. The van der Waals surface area contributed by atoms with E-state index < -0.39 is 72.3 Å². The van der Waals surface area contributed by atoms with Gasteiger partial charge in [-0.2, -0.15) is 0 Å². The van der Waals surface area contributed by atoms with Crippen LogP contribution in [0.5, 0.6) is 0 Å². The van der Waals surface area contributed by atoms with E-state index in [1.165, 1.54) is 0 Å². The lowest BCUT2D eigenvalue weighted by Gasteiger charge is -2.25. The fourth-order valence-electron chi connectivity index (χ4n) is 2.93. The predicted octanol–water partition coefficient (Wildman–Crippen LogP) is -3.51. The van der Waals surface area contributed by atoms with Crippen molar-refractivity contribution in [3.8, 4) is 0 Å². The molecule has 4 amide bonds. The maximum absolute atomic E-state index is 12.8. The molecule has 35 heavy (non-hydrogen) atoms. The van der Waals surface area contributed by atoms with Crippen molar-refractivity contribution in [2.24, 2.45) is 17.2 Å². The first-order valence-corrected chi connectivity index (χ1v) is 11.1. The Morgan fingerprint density at radius 2 is 1.31 bits per heavy atom. The first kappa shape index (κ1) is 31.7. The minimum Gasteiger partial charge on any atom is -0.481 e. The third kappa shape index (κ3) is 13.2. The molecule has 0 heterocycles. The van der Waals surface area contributed by atoms with E-state index in [1.807, 2.05) is 0 Å². The lowest BCUT2D eigenvalue weighted by molar-refractivity contribution is -0.145. The Bertz CT molecular complexity index is 761. The Morgan fingerprint density at radius 3 is 1.77 bits per heavy atom. The summed E-state index contributed by atoms with van der Waals surface area (Å²) in [5.41, 5.74) is 16.3. The van der Waals surface area contributed by atoms with E-state index in [2.05, 4.69) is 16.0 Å². The second kappa shape index (κ2) is 16.3. The minimum absolute atomic E-state index is 0.274. The van der Waals surface area contributed by atoms with Gasteiger partial charge in [-0.25, -0.2) is 4.79 Å². The van der Waals surface area contributed by atoms with E-state index in [0.717, 1.165) is 6.92 Å². The molecule has 5 unspecified atom stereocenters. The van der Waals surface area contributed by atoms with Crippen molar-refractivity contribution in [1.82, 2.24) is 16.0 Å². The van der Waals surface area contributed by atoms with Crippen LogP contribution in [0.1, 0.15) is 51.9 Å². The number of carboxylic acid groups (broad SMARTS) is 2. The van der Waals surface area contributed by atoms with Crippen LogP contribution in [-0.2, 0) is 28.8 Å². The number of carbonyl (C=O) groups is 6. The zero-order valence-electron chi connectivity index (χ0n) is 19.6. The molecule has 5 atom stereocenters. The van der Waals surface area contributed by atoms with Crippen molar-refractivity contribution in [3.05, 3.63) is 0 Å². The second-order valence-electron chi connectivity index (χ2n) is 8.02. The van der Waals surface area contributed by atoms with Crippen LogP contribution < -0.4 is 33.2 Å². The van der Waals surface area contributed by atoms with E-state index in [4.69, 9.17) is 27.4 Å². The van der Waals surface area contributed by atoms with Gasteiger partial charge in [-0.15, -0.1) is 0 Å². The number of nitrogens with one attached hydrogen (secondary N) is 3. The summed E-state index contributed by atoms with van der Waals surface area (Å²) >= 11 is 0. The van der Waals surface area contributed by atoms with Gasteiger partial charge < -0.3 is 48.5 Å². The topological polar surface area (TPSA) is 277 Å². The van der Waals surface area contributed by atoms with Crippen LogP contribution in [0.2, 0.25) is 0 Å². The van der Waals surface area contributed by atoms with Crippen LogP contribution in [0, 0.1) is 0 Å². The Morgan fingerprint density at radius 1 is 0.800 bits per heavy atom.